The summed E-state index contributed by atoms with van der Waals surface area (Å²) in [5.41, 5.74) is 0.985. The maximum atomic E-state index is 11.6. The van der Waals surface area contributed by atoms with Gasteiger partial charge in [-0.05, 0) is 44.4 Å². The van der Waals surface area contributed by atoms with Gasteiger partial charge in [-0.3, -0.25) is 4.55 Å². The van der Waals surface area contributed by atoms with Gasteiger partial charge in [-0.25, -0.2) is 13.8 Å². The molecule has 3 rings (SSSR count). The van der Waals surface area contributed by atoms with Crippen LogP contribution in [0.3, 0.4) is 0 Å². The Hall–Kier alpha value is -2.18. The van der Waals surface area contributed by atoms with Crippen molar-refractivity contribution in [1.82, 2.24) is 4.31 Å². The van der Waals surface area contributed by atoms with Crippen molar-refractivity contribution >= 4 is 51.8 Å². The number of carboxylic acid groups (broad SMARTS) is 2. The minimum atomic E-state index is -2.03. The molecule has 0 aliphatic carbocycles. The maximum Gasteiger partial charge on any atom is 0.349 e. The van der Waals surface area contributed by atoms with Gasteiger partial charge in [-0.2, -0.15) is 4.31 Å². The quantitative estimate of drug-likeness (QED) is 0.397. The molecule has 1 aliphatic rings. The van der Waals surface area contributed by atoms with Crippen LogP contribution in [-0.2, 0) is 16.1 Å². The first kappa shape index (κ1) is 24.5. The number of ether oxygens (including phenoxy) is 1. The van der Waals surface area contributed by atoms with Gasteiger partial charge in [0, 0.05) is 23.8 Å². The second kappa shape index (κ2) is 9.75. The molecule has 32 heavy (non-hydrogen) atoms. The first-order valence-corrected chi connectivity index (χ1v) is 11.9. The van der Waals surface area contributed by atoms with Crippen LogP contribution in [0, 0.1) is 0 Å². The Balaban J connectivity index is 1.84. The summed E-state index contributed by atoms with van der Waals surface area (Å²) in [7, 11) is 0. The monoisotopic (exact) mass is 502 g/mol. The van der Waals surface area contributed by atoms with Gasteiger partial charge in [0.1, 0.15) is 5.02 Å². The molecule has 1 aliphatic heterocycles. The van der Waals surface area contributed by atoms with Crippen LogP contribution >= 0.6 is 22.9 Å². The number of rotatable bonds is 8. The number of thiophene rings is 1. The van der Waals surface area contributed by atoms with Gasteiger partial charge >= 0.3 is 11.9 Å². The predicted molar refractivity (Wildman–Crippen MR) is 123 cm³/mol. The van der Waals surface area contributed by atoms with Gasteiger partial charge in [0.25, 0.3) is 0 Å². The fraction of sp³-hybridized carbons (Fsp3) is 0.400. The van der Waals surface area contributed by atoms with Crippen LogP contribution < -0.4 is 10.1 Å². The van der Waals surface area contributed by atoms with Crippen molar-refractivity contribution in [2.75, 3.05) is 18.5 Å². The van der Waals surface area contributed by atoms with Crippen LogP contribution in [0.4, 0.5) is 5.69 Å². The van der Waals surface area contributed by atoms with E-state index in [1.54, 1.807) is 16.4 Å². The highest BCUT2D eigenvalue weighted by molar-refractivity contribution is 7.76. The van der Waals surface area contributed by atoms with Gasteiger partial charge in [0.2, 0.25) is 11.3 Å². The van der Waals surface area contributed by atoms with E-state index >= 15 is 0 Å². The van der Waals surface area contributed by atoms with Gasteiger partial charge in [-0.1, -0.05) is 23.7 Å². The Bertz CT molecular complexity index is 1060. The molecule has 1 aromatic carbocycles. The van der Waals surface area contributed by atoms with E-state index in [4.69, 9.17) is 21.4 Å². The molecule has 9 nitrogen and oxygen atoms in total. The molecule has 1 saturated heterocycles. The summed E-state index contributed by atoms with van der Waals surface area (Å²) in [6.07, 6.45) is 1.33. The van der Waals surface area contributed by atoms with Crippen LogP contribution in [0.25, 0.3) is 10.4 Å². The van der Waals surface area contributed by atoms with Gasteiger partial charge in [0.05, 0.1) is 4.88 Å². The first-order chi connectivity index (χ1) is 15.0. The van der Waals surface area contributed by atoms with E-state index < -0.39 is 35.4 Å². The zero-order chi connectivity index (χ0) is 23.6. The van der Waals surface area contributed by atoms with Crippen LogP contribution in [0.1, 0.15) is 36.4 Å². The number of anilines is 1. The van der Waals surface area contributed by atoms with Crippen molar-refractivity contribution in [1.29, 1.82) is 0 Å². The van der Waals surface area contributed by atoms with Crippen molar-refractivity contribution < 1.29 is 33.3 Å². The topological polar surface area (TPSA) is 136 Å². The third kappa shape index (κ3) is 5.41. The molecule has 0 saturated carbocycles. The number of piperidine rings is 1. The van der Waals surface area contributed by atoms with Crippen molar-refractivity contribution in [3.8, 4) is 16.2 Å². The van der Waals surface area contributed by atoms with E-state index in [2.05, 4.69) is 5.32 Å². The molecule has 0 spiro atoms. The fourth-order valence-electron chi connectivity index (χ4n) is 3.77. The number of aromatic carboxylic acids is 1. The molecule has 0 radical (unpaired) electrons. The molecule has 2 heterocycles. The number of benzene rings is 1. The van der Waals surface area contributed by atoms with Gasteiger partial charge in [-0.15, -0.1) is 11.3 Å². The number of nitrogens with zero attached hydrogens (tertiary/aromatic N) is 1. The third-order valence-corrected chi connectivity index (χ3v) is 7.86. The van der Waals surface area contributed by atoms with Crippen molar-refractivity contribution in [3.63, 3.8) is 0 Å². The number of hydrogen-bond donors (Lipinski definition) is 4. The molecule has 174 valence electrons. The normalized spacial score (nSPS) is 19.3. The van der Waals surface area contributed by atoms with E-state index in [9.17, 15) is 23.5 Å². The molecular weight excluding hydrogens is 480 g/mol. The van der Waals surface area contributed by atoms with E-state index in [1.807, 2.05) is 26.0 Å². The van der Waals surface area contributed by atoms with Crippen molar-refractivity contribution in [2.24, 2.45) is 0 Å². The molecule has 2 unspecified atom stereocenters. The number of halogens is 1. The summed E-state index contributed by atoms with van der Waals surface area (Å²) in [5, 5.41) is 21.8. The summed E-state index contributed by atoms with van der Waals surface area (Å²) in [4.78, 5) is 22.7. The first-order valence-electron chi connectivity index (χ1n) is 9.65. The number of carboxylic acids is 2. The van der Waals surface area contributed by atoms with Crippen LogP contribution in [0.2, 0.25) is 5.02 Å². The molecule has 2 atom stereocenters. The molecule has 0 amide bonds. The number of hydrogen-bond acceptors (Lipinski definition) is 6. The number of nitrogens with one attached hydrogen (secondary N) is 1. The molecule has 2 aromatic rings. The lowest BCUT2D eigenvalue weighted by Gasteiger charge is -2.43. The Labute approximate surface area is 196 Å². The average molecular weight is 503 g/mol. The van der Waals surface area contributed by atoms with E-state index in [0.717, 1.165) is 17.0 Å². The summed E-state index contributed by atoms with van der Waals surface area (Å²) >= 11 is 5.25. The summed E-state index contributed by atoms with van der Waals surface area (Å²) in [6, 6.07) is 7.34. The van der Waals surface area contributed by atoms with Gasteiger partial charge in [0.15, 0.2) is 17.2 Å². The fourth-order valence-corrected chi connectivity index (χ4v) is 5.93. The predicted octanol–water partition coefficient (Wildman–Crippen LogP) is 4.02. The summed E-state index contributed by atoms with van der Waals surface area (Å²) in [5.74, 6) is -2.66. The molecular formula is C20H23ClN2O7S2. The van der Waals surface area contributed by atoms with E-state index in [0.29, 0.717) is 29.8 Å². The highest BCUT2D eigenvalue weighted by Crippen LogP contribution is 2.46. The number of carbonyl (C=O) groups is 2. The SMILES string of the molecule is CC1(C)CC(Nc2cccc(-c3sc(C(=O)O)c(OCC(=O)O)c3Cl)c2)CCN1S(=O)O. The average Bonchev–Trinajstić information content (AvgIpc) is 3.02. The molecule has 1 aromatic heterocycles. The third-order valence-electron chi connectivity index (χ3n) is 5.13. The van der Waals surface area contributed by atoms with E-state index in [-0.39, 0.29) is 21.7 Å². The van der Waals surface area contributed by atoms with Crippen LogP contribution in [0.5, 0.6) is 5.75 Å². The maximum absolute atomic E-state index is 11.6. The second-order valence-electron chi connectivity index (χ2n) is 7.95. The lowest BCUT2D eigenvalue weighted by Crippen LogP contribution is -2.53. The van der Waals surface area contributed by atoms with Crippen molar-refractivity contribution in [3.05, 3.63) is 34.2 Å². The Morgan fingerprint density at radius 1 is 1.38 bits per heavy atom. The Morgan fingerprint density at radius 2 is 2.09 bits per heavy atom. The minimum absolute atomic E-state index is 0.0469. The zero-order valence-corrected chi connectivity index (χ0v) is 19.7. The largest absolute Gasteiger partial charge is 0.479 e. The lowest BCUT2D eigenvalue weighted by molar-refractivity contribution is -0.139. The smallest absolute Gasteiger partial charge is 0.349 e. The van der Waals surface area contributed by atoms with Crippen molar-refractivity contribution in [2.45, 2.75) is 38.3 Å². The Kier molecular flexibility index (Phi) is 7.46. The van der Waals surface area contributed by atoms with Gasteiger partial charge < -0.3 is 20.3 Å². The molecule has 1 fully saturated rings. The minimum Gasteiger partial charge on any atom is -0.479 e. The molecule has 12 heteroatoms. The van der Waals surface area contributed by atoms with E-state index in [1.165, 1.54) is 0 Å². The standard InChI is InChI=1S/C20H23ClN2O7S2/c1-20(2)9-13(6-7-23(20)32(28)29)22-12-5-3-4-11(8-12)17-15(21)16(30-10-14(24)25)18(31-17)19(26)27/h3-5,8,13,22H,6-7,9-10H2,1-2H3,(H,24,25)(H,26,27)(H,28,29). The summed E-state index contributed by atoms with van der Waals surface area (Å²) in [6.45, 7) is 3.60. The Morgan fingerprint density at radius 3 is 2.69 bits per heavy atom. The zero-order valence-electron chi connectivity index (χ0n) is 17.3. The van der Waals surface area contributed by atoms with Crippen LogP contribution in [0.15, 0.2) is 24.3 Å². The number of aliphatic carboxylic acids is 1. The summed E-state index contributed by atoms with van der Waals surface area (Å²) < 4.78 is 27.7. The molecule has 0 bridgehead atoms. The second-order valence-corrected chi connectivity index (χ2v) is 10.3. The highest BCUT2D eigenvalue weighted by Gasteiger charge is 2.37. The van der Waals surface area contributed by atoms with Crippen LogP contribution in [-0.4, -0.2) is 60.0 Å². The lowest BCUT2D eigenvalue weighted by atomic mass is 9.89. The highest BCUT2D eigenvalue weighted by atomic mass is 35.5. The molecule has 4 N–H and O–H groups in total.